The van der Waals surface area contributed by atoms with E-state index in [1.807, 2.05) is 62.4 Å². The maximum atomic E-state index is 13.3. The van der Waals surface area contributed by atoms with Gasteiger partial charge in [-0.2, -0.15) is 0 Å². The Morgan fingerprint density at radius 3 is 2.62 bits per heavy atom. The number of methoxy groups -OCH3 is 1. The molecule has 5 nitrogen and oxygen atoms in total. The number of H-pyrrole nitrogens is 1. The number of amides is 1. The summed E-state index contributed by atoms with van der Waals surface area (Å²) in [6.45, 7) is 8.27. The number of nitrogens with one attached hydrogen (secondary N) is 2. The highest BCUT2D eigenvalue weighted by atomic mass is 16.5. The van der Waals surface area contributed by atoms with Crippen LogP contribution in [0.4, 0.5) is 0 Å². The number of likely N-dealkylation sites (N-methyl/N-ethyl adjacent to an activating group) is 1. The lowest BCUT2D eigenvalue weighted by atomic mass is 9.79. The van der Waals surface area contributed by atoms with Crippen molar-refractivity contribution in [2.45, 2.75) is 32.1 Å². The fraction of sp³-hybridized carbons (Fsp3) is 0.219. The van der Waals surface area contributed by atoms with Gasteiger partial charge in [-0.3, -0.25) is 4.79 Å². The average Bonchev–Trinajstić information content (AvgIpc) is 3.40. The van der Waals surface area contributed by atoms with E-state index in [4.69, 9.17) is 4.74 Å². The van der Waals surface area contributed by atoms with Crippen molar-refractivity contribution in [1.29, 1.82) is 0 Å². The molecule has 2 aromatic carbocycles. The van der Waals surface area contributed by atoms with Crippen molar-refractivity contribution in [3.8, 4) is 11.5 Å². The molecule has 1 amide bonds. The summed E-state index contributed by atoms with van der Waals surface area (Å²) in [6.07, 6.45) is 8.97. The molecule has 188 valence electrons. The van der Waals surface area contributed by atoms with Gasteiger partial charge in [-0.15, -0.1) is 6.58 Å². The lowest BCUT2D eigenvalue weighted by Gasteiger charge is -2.26. The normalized spacial score (nSPS) is 18.6. The van der Waals surface area contributed by atoms with E-state index in [2.05, 4.69) is 41.2 Å². The number of aromatic hydroxyl groups is 1. The predicted octanol–water partition coefficient (Wildman–Crippen LogP) is 4.64. The molecule has 2 atom stereocenters. The summed E-state index contributed by atoms with van der Waals surface area (Å²) >= 11 is 0. The molecule has 3 aromatic rings. The largest absolute Gasteiger partial charge is 0.505 e. The lowest BCUT2D eigenvalue weighted by molar-refractivity contribution is -0.117. The van der Waals surface area contributed by atoms with Crippen LogP contribution in [-0.2, 0) is 4.79 Å². The Morgan fingerprint density at radius 1 is 1.16 bits per heavy atom. The summed E-state index contributed by atoms with van der Waals surface area (Å²) in [6, 6.07) is 16.0. The number of allylic oxidation sites excluding steroid dienone is 4. The maximum absolute atomic E-state index is 13.3. The van der Waals surface area contributed by atoms with Crippen molar-refractivity contribution in [1.82, 2.24) is 10.3 Å². The van der Waals surface area contributed by atoms with Crippen LogP contribution in [0.15, 0.2) is 78.4 Å². The first-order valence-electron chi connectivity index (χ1n) is 12.7. The molecule has 2 aliphatic rings. The number of aromatic amines is 1. The van der Waals surface area contributed by atoms with Crippen LogP contribution in [0.1, 0.15) is 54.4 Å². The minimum Gasteiger partial charge on any atom is -0.505 e. The Labute approximate surface area is 217 Å². The molecule has 5 heteroatoms. The van der Waals surface area contributed by atoms with Crippen LogP contribution < -0.4 is 20.8 Å². The van der Waals surface area contributed by atoms with Crippen LogP contribution in [0.25, 0.3) is 17.7 Å². The first-order chi connectivity index (χ1) is 18.0. The molecule has 2 aliphatic carbocycles. The molecule has 3 N–H and O–H groups in total. The van der Waals surface area contributed by atoms with E-state index in [1.165, 1.54) is 5.56 Å². The molecule has 0 saturated carbocycles. The van der Waals surface area contributed by atoms with Crippen LogP contribution in [0.5, 0.6) is 11.5 Å². The molecule has 0 aliphatic heterocycles. The molecule has 0 bridgehead atoms. The Kier molecular flexibility index (Phi) is 6.62. The van der Waals surface area contributed by atoms with Gasteiger partial charge in [0.1, 0.15) is 11.5 Å². The van der Waals surface area contributed by atoms with E-state index in [0.717, 1.165) is 34.0 Å². The first kappa shape index (κ1) is 24.4. The number of rotatable bonds is 7. The molecule has 1 aromatic heterocycles. The fourth-order valence-corrected chi connectivity index (χ4v) is 5.64. The van der Waals surface area contributed by atoms with Crippen LogP contribution in [0.2, 0.25) is 0 Å². The van der Waals surface area contributed by atoms with Gasteiger partial charge in [-0.25, -0.2) is 0 Å². The number of benzene rings is 2. The maximum Gasteiger partial charge on any atom is 0.248 e. The number of aromatic nitrogens is 1. The van der Waals surface area contributed by atoms with E-state index in [9.17, 15) is 9.90 Å². The quantitative estimate of drug-likeness (QED) is 0.421. The van der Waals surface area contributed by atoms with Crippen LogP contribution in [-0.4, -0.2) is 29.7 Å². The molecule has 0 fully saturated rings. The van der Waals surface area contributed by atoms with Crippen molar-refractivity contribution < 1.29 is 14.6 Å². The molecule has 0 saturated heterocycles. The van der Waals surface area contributed by atoms with E-state index in [0.29, 0.717) is 28.8 Å². The number of hydrogen-bond acceptors (Lipinski definition) is 3. The molecular formula is C32H32N2O3. The van der Waals surface area contributed by atoms with Crippen molar-refractivity contribution in [2.75, 3.05) is 13.7 Å². The van der Waals surface area contributed by atoms with Gasteiger partial charge in [0.25, 0.3) is 0 Å². The number of hydrogen-bond donors (Lipinski definition) is 3. The zero-order valence-corrected chi connectivity index (χ0v) is 21.5. The van der Waals surface area contributed by atoms with E-state index in [-0.39, 0.29) is 17.6 Å². The monoisotopic (exact) mass is 492 g/mol. The van der Waals surface area contributed by atoms with Gasteiger partial charge in [0.15, 0.2) is 0 Å². The average molecular weight is 493 g/mol. The standard InChI is InChI=1S/C32H32N2O3/c1-5-11-20-17-21(23-13-8-7-12-22(20)23)18-26-31(35)30-25(34-26)16-19(3)28(32(36)33-6-2)29(30)24-14-9-10-15-27(24)37-4/h5,7-10,12-18,20,29,34-35H,1,6,11H2,2-4H3,(H,33,36). The number of ether oxygens (including phenoxy) is 1. The molecule has 37 heavy (non-hydrogen) atoms. The highest BCUT2D eigenvalue weighted by molar-refractivity contribution is 5.99. The van der Waals surface area contributed by atoms with Crippen molar-refractivity contribution in [3.05, 3.63) is 111 Å². The Morgan fingerprint density at radius 2 is 1.89 bits per heavy atom. The molecule has 0 spiro atoms. The topological polar surface area (TPSA) is 74.3 Å². The third-order valence-electron chi connectivity index (χ3n) is 7.24. The summed E-state index contributed by atoms with van der Waals surface area (Å²) < 4.78 is 5.68. The van der Waals surface area contributed by atoms with Gasteiger partial charge >= 0.3 is 0 Å². The van der Waals surface area contributed by atoms with Crippen molar-refractivity contribution >= 4 is 23.6 Å². The van der Waals surface area contributed by atoms with E-state index in [1.54, 1.807) is 7.11 Å². The van der Waals surface area contributed by atoms with Gasteiger partial charge in [-0.05, 0) is 60.8 Å². The Bertz CT molecular complexity index is 1570. The second kappa shape index (κ2) is 10.0. The van der Waals surface area contributed by atoms with Crippen LogP contribution in [0.3, 0.4) is 0 Å². The van der Waals surface area contributed by atoms with Crippen LogP contribution in [0, 0.1) is 0 Å². The van der Waals surface area contributed by atoms with Crippen molar-refractivity contribution in [3.63, 3.8) is 0 Å². The predicted molar refractivity (Wildman–Crippen MR) is 149 cm³/mol. The zero-order chi connectivity index (χ0) is 26.1. The second-order valence-electron chi connectivity index (χ2n) is 9.47. The zero-order valence-electron chi connectivity index (χ0n) is 21.5. The minimum atomic E-state index is -0.487. The number of fused-ring (bicyclic) bond motifs is 2. The van der Waals surface area contributed by atoms with Gasteiger partial charge in [0, 0.05) is 40.4 Å². The second-order valence-corrected chi connectivity index (χ2v) is 9.47. The number of para-hydroxylation sites is 1. The first-order valence-corrected chi connectivity index (χ1v) is 12.7. The fourth-order valence-electron chi connectivity index (χ4n) is 5.64. The minimum absolute atomic E-state index is 0.141. The highest BCUT2D eigenvalue weighted by Gasteiger charge is 2.34. The third kappa shape index (κ3) is 4.20. The number of carbonyl (C=O) groups excluding carboxylic acids is 1. The van der Waals surface area contributed by atoms with Gasteiger partial charge in [0.05, 0.1) is 12.5 Å². The van der Waals surface area contributed by atoms with Crippen molar-refractivity contribution in [2.24, 2.45) is 0 Å². The summed E-state index contributed by atoms with van der Waals surface area (Å²) in [5, 5.41) is 16.0. The van der Waals surface area contributed by atoms with Gasteiger partial charge in [-0.1, -0.05) is 54.6 Å². The van der Waals surface area contributed by atoms with E-state index >= 15 is 0 Å². The summed E-state index contributed by atoms with van der Waals surface area (Å²) in [7, 11) is 1.62. The molecule has 5 rings (SSSR count). The SMILES string of the molecule is C=CCC1C=C(C=c2[nH]c3c(c2O)C(c2ccccc2OC)C(C(=O)NCC)=C(C)C=3)c2ccccc21. The summed E-state index contributed by atoms with van der Waals surface area (Å²) in [4.78, 5) is 16.7. The van der Waals surface area contributed by atoms with E-state index < -0.39 is 5.92 Å². The molecule has 1 heterocycles. The van der Waals surface area contributed by atoms with Crippen LogP contribution >= 0.6 is 0 Å². The van der Waals surface area contributed by atoms with Gasteiger partial charge < -0.3 is 20.1 Å². The summed E-state index contributed by atoms with van der Waals surface area (Å²) in [5.41, 5.74) is 6.44. The number of carbonyl (C=O) groups is 1. The third-order valence-corrected chi connectivity index (χ3v) is 7.24. The highest BCUT2D eigenvalue weighted by Crippen LogP contribution is 2.42. The van der Waals surface area contributed by atoms with Gasteiger partial charge in [0.2, 0.25) is 5.91 Å². The lowest BCUT2D eigenvalue weighted by Crippen LogP contribution is -2.32. The Hall–Kier alpha value is -4.25. The smallest absolute Gasteiger partial charge is 0.248 e. The molecular weight excluding hydrogens is 460 g/mol. The molecule has 2 unspecified atom stereocenters. The Balaban J connectivity index is 1.72. The molecule has 0 radical (unpaired) electrons. The summed E-state index contributed by atoms with van der Waals surface area (Å²) in [5.74, 6) is 0.429.